The van der Waals surface area contributed by atoms with Gasteiger partial charge in [0, 0.05) is 62.1 Å². The summed E-state index contributed by atoms with van der Waals surface area (Å²) in [5, 5.41) is 7.76. The molecule has 4 rings (SSSR count). The molecule has 1 saturated heterocycles. The van der Waals surface area contributed by atoms with Gasteiger partial charge in [0.05, 0.1) is 5.69 Å². The minimum atomic E-state index is 0.252. The third kappa shape index (κ3) is 4.07. The van der Waals surface area contributed by atoms with Crippen molar-refractivity contribution in [3.63, 3.8) is 0 Å². The Kier molecular flexibility index (Phi) is 5.69. The van der Waals surface area contributed by atoms with E-state index in [-0.39, 0.29) is 5.91 Å². The van der Waals surface area contributed by atoms with Crippen molar-refractivity contribution in [1.82, 2.24) is 24.6 Å². The van der Waals surface area contributed by atoms with E-state index in [1.54, 1.807) is 11.3 Å². The Morgan fingerprint density at radius 3 is 2.59 bits per heavy atom. The summed E-state index contributed by atoms with van der Waals surface area (Å²) >= 11 is 1.80. The summed E-state index contributed by atoms with van der Waals surface area (Å²) in [5.41, 5.74) is 5.34. The molecule has 29 heavy (non-hydrogen) atoms. The maximum absolute atomic E-state index is 12.8. The van der Waals surface area contributed by atoms with Crippen LogP contribution in [0.5, 0.6) is 0 Å². The average molecular weight is 412 g/mol. The van der Waals surface area contributed by atoms with Crippen molar-refractivity contribution >= 4 is 28.3 Å². The summed E-state index contributed by atoms with van der Waals surface area (Å²) in [4.78, 5) is 23.4. The first-order chi connectivity index (χ1) is 13.9. The second-order valence-electron chi connectivity index (χ2n) is 7.94. The minimum Gasteiger partial charge on any atom is -0.340 e. The molecule has 154 valence electrons. The molecule has 0 atom stereocenters. The number of rotatable bonds is 5. The Labute approximate surface area is 176 Å². The molecular formula is C22H29N5OS. The Morgan fingerprint density at radius 2 is 1.90 bits per heavy atom. The van der Waals surface area contributed by atoms with E-state index < -0.39 is 0 Å². The van der Waals surface area contributed by atoms with Crippen LogP contribution in [0.4, 0.5) is 0 Å². The molecule has 0 radical (unpaired) electrons. The zero-order valence-electron chi connectivity index (χ0n) is 17.7. The number of thiophene rings is 1. The van der Waals surface area contributed by atoms with E-state index in [1.165, 1.54) is 16.0 Å². The Balaban J connectivity index is 1.37. The molecular weight excluding hydrogens is 382 g/mol. The van der Waals surface area contributed by atoms with Gasteiger partial charge in [-0.25, -0.2) is 4.98 Å². The van der Waals surface area contributed by atoms with Crippen molar-refractivity contribution in [1.29, 1.82) is 0 Å². The quantitative estimate of drug-likeness (QED) is 0.647. The van der Waals surface area contributed by atoms with Crippen LogP contribution >= 0.6 is 11.3 Å². The Hall–Kier alpha value is -2.25. The molecule has 6 nitrogen and oxygen atoms in total. The van der Waals surface area contributed by atoms with Crippen LogP contribution in [0.1, 0.15) is 33.8 Å². The number of carbonyl (C=O) groups excluding carboxylic acids is 1. The summed E-state index contributed by atoms with van der Waals surface area (Å²) in [6.07, 6.45) is 1.28. The highest BCUT2D eigenvalue weighted by molar-refractivity contribution is 7.09. The SMILES string of the molecule is Cc1nc2c(c(C)nn2C)c(C)c1CCC(=O)N1CCN(Cc2cccs2)CC1. The number of hydrogen-bond acceptors (Lipinski definition) is 5. The lowest BCUT2D eigenvalue weighted by Crippen LogP contribution is -2.48. The first-order valence-electron chi connectivity index (χ1n) is 10.3. The number of nitrogens with zero attached hydrogens (tertiary/aromatic N) is 5. The number of aromatic nitrogens is 3. The van der Waals surface area contributed by atoms with E-state index in [0.717, 1.165) is 61.6 Å². The van der Waals surface area contributed by atoms with Crippen LogP contribution in [0.25, 0.3) is 11.0 Å². The molecule has 0 bridgehead atoms. The Morgan fingerprint density at radius 1 is 1.14 bits per heavy atom. The monoisotopic (exact) mass is 411 g/mol. The van der Waals surface area contributed by atoms with Crippen molar-refractivity contribution in [3.8, 4) is 0 Å². The lowest BCUT2D eigenvalue weighted by molar-refractivity contribution is -0.132. The molecule has 3 aromatic heterocycles. The highest BCUT2D eigenvalue weighted by atomic mass is 32.1. The van der Waals surface area contributed by atoms with Crippen molar-refractivity contribution in [2.24, 2.45) is 7.05 Å². The predicted molar refractivity (Wildman–Crippen MR) is 117 cm³/mol. The number of amides is 1. The topological polar surface area (TPSA) is 54.3 Å². The van der Waals surface area contributed by atoms with Crippen LogP contribution in [0.2, 0.25) is 0 Å². The molecule has 4 heterocycles. The van der Waals surface area contributed by atoms with Crippen LogP contribution in [0, 0.1) is 20.8 Å². The molecule has 1 fully saturated rings. The molecule has 1 aliphatic rings. The molecule has 0 spiro atoms. The van der Waals surface area contributed by atoms with Gasteiger partial charge in [0.1, 0.15) is 0 Å². The van der Waals surface area contributed by atoms with Gasteiger partial charge in [-0.2, -0.15) is 5.10 Å². The normalized spacial score (nSPS) is 15.4. The van der Waals surface area contributed by atoms with Gasteiger partial charge in [0.2, 0.25) is 5.91 Å². The van der Waals surface area contributed by atoms with Gasteiger partial charge in [0.15, 0.2) is 5.65 Å². The van der Waals surface area contributed by atoms with Crippen molar-refractivity contribution in [2.75, 3.05) is 26.2 Å². The molecule has 0 unspecified atom stereocenters. The average Bonchev–Trinajstić information content (AvgIpc) is 3.30. The maximum Gasteiger partial charge on any atom is 0.222 e. The Bertz CT molecular complexity index is 1020. The molecule has 0 aliphatic carbocycles. The van der Waals surface area contributed by atoms with Crippen LogP contribution in [0.3, 0.4) is 0 Å². The lowest BCUT2D eigenvalue weighted by Gasteiger charge is -2.34. The summed E-state index contributed by atoms with van der Waals surface area (Å²) in [6, 6.07) is 4.28. The molecule has 0 saturated carbocycles. The van der Waals surface area contributed by atoms with Crippen molar-refractivity contribution < 1.29 is 4.79 Å². The molecule has 0 N–H and O–H groups in total. The highest BCUT2D eigenvalue weighted by Gasteiger charge is 2.22. The van der Waals surface area contributed by atoms with Crippen LogP contribution in [-0.2, 0) is 24.8 Å². The van der Waals surface area contributed by atoms with Gasteiger partial charge >= 0.3 is 0 Å². The van der Waals surface area contributed by atoms with E-state index in [9.17, 15) is 4.79 Å². The zero-order chi connectivity index (χ0) is 20.5. The number of aryl methyl sites for hydroxylation is 4. The number of carbonyl (C=O) groups is 1. The van der Waals surface area contributed by atoms with Gasteiger partial charge in [-0.15, -0.1) is 11.3 Å². The van der Waals surface area contributed by atoms with E-state index in [4.69, 9.17) is 4.98 Å². The standard InChI is InChI=1S/C22H29N5OS/c1-15-19(16(2)23-22-21(15)17(3)24-25(22)4)7-8-20(28)27-11-9-26(10-12-27)14-18-6-5-13-29-18/h5-6,13H,7-12,14H2,1-4H3. The van der Waals surface area contributed by atoms with Gasteiger partial charge in [-0.1, -0.05) is 6.07 Å². The fourth-order valence-corrected chi connectivity index (χ4v) is 5.14. The molecule has 3 aromatic rings. The summed E-state index contributed by atoms with van der Waals surface area (Å²) < 4.78 is 1.84. The van der Waals surface area contributed by atoms with Gasteiger partial charge in [0.25, 0.3) is 0 Å². The van der Waals surface area contributed by atoms with Crippen molar-refractivity contribution in [2.45, 2.75) is 40.2 Å². The maximum atomic E-state index is 12.8. The fourth-order valence-electron chi connectivity index (χ4n) is 4.40. The van der Waals surface area contributed by atoms with Gasteiger partial charge < -0.3 is 4.90 Å². The fraction of sp³-hybridized carbons (Fsp3) is 0.500. The van der Waals surface area contributed by atoms with Crippen LogP contribution < -0.4 is 0 Å². The summed E-state index contributed by atoms with van der Waals surface area (Å²) in [5.74, 6) is 0.252. The second-order valence-corrected chi connectivity index (χ2v) is 8.98. The second kappa shape index (κ2) is 8.24. The van der Waals surface area contributed by atoms with Gasteiger partial charge in [-0.3, -0.25) is 14.4 Å². The number of pyridine rings is 1. The number of hydrogen-bond donors (Lipinski definition) is 0. The number of fused-ring (bicyclic) bond motifs is 1. The minimum absolute atomic E-state index is 0.252. The molecule has 1 amide bonds. The molecule has 0 aromatic carbocycles. The third-order valence-electron chi connectivity index (χ3n) is 6.00. The van der Waals surface area contributed by atoms with E-state index in [2.05, 4.69) is 34.4 Å². The predicted octanol–water partition coefficient (Wildman–Crippen LogP) is 3.23. The molecule has 1 aliphatic heterocycles. The first-order valence-corrected chi connectivity index (χ1v) is 11.1. The van der Waals surface area contributed by atoms with E-state index >= 15 is 0 Å². The lowest BCUT2D eigenvalue weighted by atomic mass is 9.99. The third-order valence-corrected chi connectivity index (χ3v) is 6.86. The zero-order valence-corrected chi connectivity index (χ0v) is 18.6. The van der Waals surface area contributed by atoms with Crippen LogP contribution in [0.15, 0.2) is 17.5 Å². The number of piperazine rings is 1. The highest BCUT2D eigenvalue weighted by Crippen LogP contribution is 2.26. The summed E-state index contributed by atoms with van der Waals surface area (Å²) in [6.45, 7) is 10.7. The van der Waals surface area contributed by atoms with Gasteiger partial charge in [-0.05, 0) is 49.8 Å². The van der Waals surface area contributed by atoms with E-state index in [0.29, 0.717) is 6.42 Å². The largest absolute Gasteiger partial charge is 0.340 e. The summed E-state index contributed by atoms with van der Waals surface area (Å²) in [7, 11) is 1.93. The van der Waals surface area contributed by atoms with Crippen molar-refractivity contribution in [3.05, 3.63) is 44.9 Å². The molecule has 7 heteroatoms. The smallest absolute Gasteiger partial charge is 0.222 e. The van der Waals surface area contributed by atoms with E-state index in [1.807, 2.05) is 30.5 Å². The first kappa shape index (κ1) is 20.0. The van der Waals surface area contributed by atoms with Crippen LogP contribution in [-0.4, -0.2) is 56.7 Å².